The first kappa shape index (κ1) is 32.0. The predicted octanol–water partition coefficient (Wildman–Crippen LogP) is 9.42. The molecule has 4 aromatic carbocycles. The zero-order valence-corrected chi connectivity index (χ0v) is 30.8. The molecule has 0 unspecified atom stereocenters. The third-order valence-electron chi connectivity index (χ3n) is 10.1. The van der Waals surface area contributed by atoms with E-state index >= 15 is 0 Å². The van der Waals surface area contributed by atoms with Gasteiger partial charge in [-0.25, -0.2) is 0 Å². The molecule has 0 saturated heterocycles. The molecule has 6 heteroatoms. The largest absolute Gasteiger partial charge is 0.378 e. The van der Waals surface area contributed by atoms with Gasteiger partial charge in [-0.2, -0.15) is 0 Å². The van der Waals surface area contributed by atoms with E-state index in [1.54, 1.807) is 0 Å². The van der Waals surface area contributed by atoms with Crippen LogP contribution >= 0.6 is 22.7 Å². The number of hydrogen-bond acceptors (Lipinski definition) is 6. The van der Waals surface area contributed by atoms with Crippen LogP contribution in [0.5, 0.6) is 0 Å². The maximum absolute atomic E-state index is 2.38. The van der Waals surface area contributed by atoms with E-state index in [2.05, 4.69) is 196 Å². The molecule has 0 atom stereocenters. The second-order valence-electron chi connectivity index (χ2n) is 13.6. The molecule has 0 bridgehead atoms. The normalized spacial score (nSPS) is 14.2. The summed E-state index contributed by atoms with van der Waals surface area (Å²) >= 11 is 3.77. The molecule has 0 saturated carbocycles. The number of fused-ring (bicyclic) bond motifs is 3. The average Bonchev–Trinajstić information content (AvgIpc) is 3.79. The van der Waals surface area contributed by atoms with Gasteiger partial charge in [0.1, 0.15) is 0 Å². The Labute approximate surface area is 294 Å². The van der Waals surface area contributed by atoms with Crippen LogP contribution in [-0.4, -0.2) is 56.4 Å². The van der Waals surface area contributed by atoms with Crippen LogP contribution in [0.1, 0.15) is 32.0 Å². The molecule has 7 rings (SSSR count). The molecule has 48 heavy (non-hydrogen) atoms. The molecule has 0 radical (unpaired) electrons. The lowest BCUT2D eigenvalue weighted by Crippen LogP contribution is -2.53. The summed E-state index contributed by atoms with van der Waals surface area (Å²) < 4.78 is 0. The molecule has 6 aromatic rings. The number of hydrogen-bond donors (Lipinski definition) is 0. The van der Waals surface area contributed by atoms with Crippen molar-refractivity contribution in [3.8, 4) is 11.1 Å². The van der Waals surface area contributed by atoms with Crippen LogP contribution in [0.25, 0.3) is 11.1 Å². The summed E-state index contributed by atoms with van der Waals surface area (Å²) in [6.45, 7) is 0. The highest BCUT2D eigenvalue weighted by atomic mass is 32.1. The number of thiophene rings is 2. The van der Waals surface area contributed by atoms with Crippen LogP contribution in [0.15, 0.2) is 120 Å². The van der Waals surface area contributed by atoms with Gasteiger partial charge in [-0.05, 0) is 105 Å². The van der Waals surface area contributed by atoms with E-state index in [1.807, 2.05) is 22.7 Å². The Morgan fingerprint density at radius 3 is 0.771 bits per heavy atom. The smallest absolute Gasteiger partial charge is 0.0737 e. The van der Waals surface area contributed by atoms with Gasteiger partial charge in [0.05, 0.1) is 10.8 Å². The average molecular weight is 669 g/mol. The zero-order valence-electron chi connectivity index (χ0n) is 29.2. The van der Waals surface area contributed by atoms with Crippen molar-refractivity contribution in [1.82, 2.24) is 0 Å². The zero-order chi connectivity index (χ0) is 33.8. The second-order valence-corrected chi connectivity index (χ2v) is 15.4. The Morgan fingerprint density at radius 2 is 0.562 bits per heavy atom. The molecule has 0 fully saturated rings. The molecule has 4 nitrogen and oxygen atoms in total. The van der Waals surface area contributed by atoms with Crippen LogP contribution in [0.2, 0.25) is 0 Å². The van der Waals surface area contributed by atoms with E-state index in [-0.39, 0.29) is 0 Å². The van der Waals surface area contributed by atoms with Crippen molar-refractivity contribution in [2.24, 2.45) is 0 Å². The molecule has 0 spiro atoms. The lowest BCUT2D eigenvalue weighted by atomic mass is 9.47. The summed E-state index contributed by atoms with van der Waals surface area (Å²) in [5.74, 6) is 0. The maximum Gasteiger partial charge on any atom is 0.0737 e. The van der Waals surface area contributed by atoms with Crippen molar-refractivity contribution < 1.29 is 0 Å². The van der Waals surface area contributed by atoms with Crippen molar-refractivity contribution >= 4 is 45.4 Å². The van der Waals surface area contributed by atoms with E-state index < -0.39 is 10.8 Å². The maximum atomic E-state index is 2.38. The summed E-state index contributed by atoms with van der Waals surface area (Å²) in [7, 11) is 16.9. The quantitative estimate of drug-likeness (QED) is 0.160. The van der Waals surface area contributed by atoms with Gasteiger partial charge in [0.15, 0.2) is 0 Å². The molecular weight excluding hydrogens is 625 g/mol. The number of nitrogens with zero attached hydrogens (tertiary/aromatic N) is 4. The molecule has 2 heterocycles. The van der Waals surface area contributed by atoms with Crippen LogP contribution in [-0.2, 0) is 10.8 Å². The fourth-order valence-electron chi connectivity index (χ4n) is 7.73. The molecule has 0 amide bonds. The van der Waals surface area contributed by atoms with Gasteiger partial charge >= 0.3 is 0 Å². The van der Waals surface area contributed by atoms with Gasteiger partial charge in [0.2, 0.25) is 0 Å². The molecule has 1 aliphatic carbocycles. The van der Waals surface area contributed by atoms with Gasteiger partial charge in [0, 0.05) is 88.9 Å². The highest BCUT2D eigenvalue weighted by Crippen LogP contribution is 2.67. The third kappa shape index (κ3) is 4.68. The highest BCUT2D eigenvalue weighted by Gasteiger charge is 2.62. The van der Waals surface area contributed by atoms with Crippen molar-refractivity contribution in [2.75, 3.05) is 76.0 Å². The predicted molar refractivity (Wildman–Crippen MR) is 210 cm³/mol. The summed E-state index contributed by atoms with van der Waals surface area (Å²) in [5.41, 5.74) is 11.3. The number of anilines is 4. The Kier molecular flexibility index (Phi) is 8.13. The Balaban J connectivity index is 1.70. The molecule has 0 aliphatic heterocycles. The Bertz CT molecular complexity index is 1760. The Morgan fingerprint density at radius 1 is 0.333 bits per heavy atom. The van der Waals surface area contributed by atoms with Gasteiger partial charge in [-0.15, -0.1) is 22.7 Å². The van der Waals surface area contributed by atoms with E-state index in [0.717, 1.165) is 0 Å². The van der Waals surface area contributed by atoms with E-state index in [0.29, 0.717) is 0 Å². The minimum Gasteiger partial charge on any atom is -0.378 e. The molecule has 2 aromatic heterocycles. The standard InChI is InChI=1S/C42H44N4S2/c1-43(2)33-17-9-29(10-18-33)41(30-11-19-34(20-12-30)44(3)4)39-37(25-27-47-39)38-26-28-48-40(38)42(41,31-13-21-35(22-14-31)45(5)6)32-15-23-36(24-16-32)46(7)8/h9-28H,1-8H3. The van der Waals surface area contributed by atoms with Gasteiger partial charge < -0.3 is 19.6 Å². The molecule has 1 aliphatic rings. The first-order valence-corrected chi connectivity index (χ1v) is 18.1. The van der Waals surface area contributed by atoms with Crippen LogP contribution in [0.4, 0.5) is 22.7 Å². The summed E-state index contributed by atoms with van der Waals surface area (Å²) in [6, 6.07) is 42.1. The summed E-state index contributed by atoms with van der Waals surface area (Å²) in [4.78, 5) is 11.5. The van der Waals surface area contributed by atoms with Crippen molar-refractivity contribution in [2.45, 2.75) is 10.8 Å². The SMILES string of the molecule is CN(C)c1ccc(C2(c3ccc(N(C)C)cc3)c3sccc3-c3ccsc3C2(c2ccc(N(C)C)cc2)c2ccc(N(C)C)cc2)cc1. The number of benzene rings is 4. The van der Waals surface area contributed by atoms with E-state index in [1.165, 1.54) is 65.9 Å². The summed E-state index contributed by atoms with van der Waals surface area (Å²) in [6.07, 6.45) is 0. The Hall–Kier alpha value is -4.52. The molecule has 244 valence electrons. The topological polar surface area (TPSA) is 13.0 Å². The minimum atomic E-state index is -0.594. The second kappa shape index (κ2) is 12.2. The van der Waals surface area contributed by atoms with Crippen molar-refractivity contribution in [3.63, 3.8) is 0 Å². The molecule has 0 N–H and O–H groups in total. The lowest BCUT2D eigenvalue weighted by Gasteiger charge is -2.55. The van der Waals surface area contributed by atoms with Gasteiger partial charge in [0.25, 0.3) is 0 Å². The molecular formula is C42H44N4S2. The first-order valence-electron chi connectivity index (χ1n) is 16.4. The fraction of sp³-hybridized carbons (Fsp3) is 0.238. The monoisotopic (exact) mass is 668 g/mol. The van der Waals surface area contributed by atoms with Crippen molar-refractivity contribution in [1.29, 1.82) is 0 Å². The van der Waals surface area contributed by atoms with Crippen LogP contribution in [0.3, 0.4) is 0 Å². The van der Waals surface area contributed by atoms with E-state index in [9.17, 15) is 0 Å². The summed E-state index contributed by atoms with van der Waals surface area (Å²) in [5, 5.41) is 4.59. The van der Waals surface area contributed by atoms with Crippen LogP contribution in [0, 0.1) is 0 Å². The fourth-order valence-corrected chi connectivity index (χ4v) is 10.1. The highest BCUT2D eigenvalue weighted by molar-refractivity contribution is 7.12. The first-order chi connectivity index (χ1) is 23.1. The van der Waals surface area contributed by atoms with Gasteiger partial charge in [-0.3, -0.25) is 0 Å². The lowest BCUT2D eigenvalue weighted by molar-refractivity contribution is 0.429. The van der Waals surface area contributed by atoms with Gasteiger partial charge in [-0.1, -0.05) is 48.5 Å². The van der Waals surface area contributed by atoms with E-state index in [4.69, 9.17) is 0 Å². The number of rotatable bonds is 8. The van der Waals surface area contributed by atoms with Crippen LogP contribution < -0.4 is 19.6 Å². The minimum absolute atomic E-state index is 0.594. The third-order valence-corrected chi connectivity index (χ3v) is 12.2. The van der Waals surface area contributed by atoms with Crippen molar-refractivity contribution in [3.05, 3.63) is 152 Å².